The lowest BCUT2D eigenvalue weighted by molar-refractivity contribution is -0.142. The van der Waals surface area contributed by atoms with Gasteiger partial charge < -0.3 is 5.11 Å². The van der Waals surface area contributed by atoms with E-state index in [0.717, 1.165) is 12.8 Å². The van der Waals surface area contributed by atoms with Crippen molar-refractivity contribution in [3.63, 3.8) is 0 Å². The van der Waals surface area contributed by atoms with Crippen LogP contribution in [-0.2, 0) is 9.59 Å². The molecule has 0 aromatic heterocycles. The molecule has 0 amide bonds. The van der Waals surface area contributed by atoms with Crippen LogP contribution in [0.3, 0.4) is 0 Å². The van der Waals surface area contributed by atoms with Crippen LogP contribution in [0.15, 0.2) is 0 Å². The summed E-state index contributed by atoms with van der Waals surface area (Å²) in [5, 5.41) is 8.89. The first-order valence-electron chi connectivity index (χ1n) is 5.15. The summed E-state index contributed by atoms with van der Waals surface area (Å²) < 4.78 is 0. The van der Waals surface area contributed by atoms with Crippen LogP contribution in [0.25, 0.3) is 0 Å². The van der Waals surface area contributed by atoms with Crippen molar-refractivity contribution in [2.24, 2.45) is 16.7 Å². The summed E-state index contributed by atoms with van der Waals surface area (Å²) in [6, 6.07) is 0. The fourth-order valence-electron chi connectivity index (χ4n) is 3.41. The normalized spacial score (nSPS) is 45.9. The second-order valence-corrected chi connectivity index (χ2v) is 5.18. The van der Waals surface area contributed by atoms with E-state index in [0.29, 0.717) is 12.3 Å². The lowest BCUT2D eigenvalue weighted by atomic mass is 9.67. The molecule has 2 rings (SSSR count). The molecular weight excluding hydrogens is 180 g/mol. The van der Waals surface area contributed by atoms with Gasteiger partial charge in [-0.15, -0.1) is 0 Å². The van der Waals surface area contributed by atoms with E-state index in [1.807, 2.05) is 13.8 Å². The molecule has 0 aromatic carbocycles. The second-order valence-electron chi connectivity index (χ2n) is 5.18. The van der Waals surface area contributed by atoms with Crippen molar-refractivity contribution in [1.29, 1.82) is 0 Å². The fourth-order valence-corrected chi connectivity index (χ4v) is 3.41. The Bertz CT molecular complexity index is 310. The Labute approximate surface area is 83.5 Å². The monoisotopic (exact) mass is 196 g/mol. The summed E-state index contributed by atoms with van der Waals surface area (Å²) in [5.74, 6) is -0.200. The number of hydrogen-bond acceptors (Lipinski definition) is 2. The minimum atomic E-state index is -0.777. The predicted octanol–water partition coefficient (Wildman–Crippen LogP) is 1.86. The van der Waals surface area contributed by atoms with Crippen molar-refractivity contribution in [3.8, 4) is 0 Å². The number of fused-ring (bicyclic) bond motifs is 2. The molecule has 3 atom stereocenters. The van der Waals surface area contributed by atoms with E-state index in [9.17, 15) is 9.59 Å². The molecule has 2 saturated carbocycles. The van der Waals surface area contributed by atoms with E-state index in [1.54, 1.807) is 0 Å². The Balaban J connectivity index is 2.36. The Morgan fingerprint density at radius 3 is 2.57 bits per heavy atom. The molecule has 0 saturated heterocycles. The Kier molecular flexibility index (Phi) is 1.79. The molecule has 1 unspecified atom stereocenters. The third kappa shape index (κ3) is 0.928. The van der Waals surface area contributed by atoms with Crippen molar-refractivity contribution in [2.45, 2.75) is 39.5 Å². The van der Waals surface area contributed by atoms with Gasteiger partial charge in [0.1, 0.15) is 5.78 Å². The van der Waals surface area contributed by atoms with Gasteiger partial charge in [-0.3, -0.25) is 9.59 Å². The first-order chi connectivity index (χ1) is 6.40. The minimum absolute atomic E-state index is 0.139. The number of Topliss-reactive ketones (excluding diaryl/α,β-unsaturated/α-hetero) is 1. The van der Waals surface area contributed by atoms with Crippen LogP contribution in [-0.4, -0.2) is 16.9 Å². The van der Waals surface area contributed by atoms with Crippen LogP contribution in [0.2, 0.25) is 0 Å². The topological polar surface area (TPSA) is 54.4 Å². The van der Waals surface area contributed by atoms with Crippen molar-refractivity contribution in [3.05, 3.63) is 0 Å². The van der Waals surface area contributed by atoms with Crippen LogP contribution in [0, 0.1) is 16.7 Å². The van der Waals surface area contributed by atoms with E-state index >= 15 is 0 Å². The number of carboxylic acids is 1. The third-order valence-corrected chi connectivity index (χ3v) is 4.72. The number of carbonyl (C=O) groups excluding carboxylic acids is 1. The van der Waals surface area contributed by atoms with Crippen LogP contribution in [0.4, 0.5) is 0 Å². The molecule has 2 bridgehead atoms. The fraction of sp³-hybridized carbons (Fsp3) is 0.818. The van der Waals surface area contributed by atoms with Gasteiger partial charge in [0.05, 0.1) is 6.42 Å². The molecule has 2 fully saturated rings. The van der Waals surface area contributed by atoms with E-state index in [4.69, 9.17) is 5.11 Å². The quantitative estimate of drug-likeness (QED) is 0.733. The van der Waals surface area contributed by atoms with Gasteiger partial charge in [-0.05, 0) is 24.2 Å². The van der Waals surface area contributed by atoms with Gasteiger partial charge in [0.2, 0.25) is 0 Å². The predicted molar refractivity (Wildman–Crippen MR) is 50.8 cm³/mol. The smallest absolute Gasteiger partial charge is 0.303 e. The van der Waals surface area contributed by atoms with Crippen LogP contribution < -0.4 is 0 Å². The average Bonchev–Trinajstić information content (AvgIpc) is 2.37. The molecule has 14 heavy (non-hydrogen) atoms. The zero-order valence-corrected chi connectivity index (χ0v) is 8.67. The molecule has 0 radical (unpaired) electrons. The first kappa shape index (κ1) is 9.69. The number of ketones is 1. The highest BCUT2D eigenvalue weighted by Gasteiger charge is 2.64. The molecule has 2 aliphatic rings. The largest absolute Gasteiger partial charge is 0.481 e. The third-order valence-electron chi connectivity index (χ3n) is 4.72. The Morgan fingerprint density at radius 2 is 2.21 bits per heavy atom. The number of carboxylic acid groups (broad SMARTS) is 1. The number of aliphatic carboxylic acids is 1. The molecule has 3 heteroatoms. The summed E-state index contributed by atoms with van der Waals surface area (Å²) >= 11 is 0. The Morgan fingerprint density at radius 1 is 1.57 bits per heavy atom. The lowest BCUT2D eigenvalue weighted by Gasteiger charge is -2.35. The number of rotatable bonds is 2. The van der Waals surface area contributed by atoms with E-state index in [1.165, 1.54) is 0 Å². The summed E-state index contributed by atoms with van der Waals surface area (Å²) in [4.78, 5) is 22.6. The standard InChI is InChI=1S/C11H16O3/c1-10-4-3-7(5-8(10)12)11(10,2)6-9(13)14/h7H,3-6H2,1-2H3,(H,13,14)/t7-,10+,11?/m1/s1. The second kappa shape index (κ2) is 2.59. The summed E-state index contributed by atoms with van der Waals surface area (Å²) in [5.41, 5.74) is -0.661. The van der Waals surface area contributed by atoms with Gasteiger partial charge in [-0.1, -0.05) is 13.8 Å². The van der Waals surface area contributed by atoms with E-state index in [-0.39, 0.29) is 23.0 Å². The maximum Gasteiger partial charge on any atom is 0.303 e. The van der Waals surface area contributed by atoms with E-state index < -0.39 is 5.97 Å². The molecule has 0 aromatic rings. The molecule has 3 nitrogen and oxygen atoms in total. The van der Waals surface area contributed by atoms with Gasteiger partial charge >= 0.3 is 5.97 Å². The van der Waals surface area contributed by atoms with Crippen LogP contribution >= 0.6 is 0 Å². The average molecular weight is 196 g/mol. The van der Waals surface area contributed by atoms with Gasteiger partial charge in [-0.2, -0.15) is 0 Å². The first-order valence-corrected chi connectivity index (χ1v) is 5.15. The van der Waals surface area contributed by atoms with E-state index in [2.05, 4.69) is 0 Å². The van der Waals surface area contributed by atoms with Crippen molar-refractivity contribution < 1.29 is 14.7 Å². The molecule has 78 valence electrons. The number of hydrogen-bond donors (Lipinski definition) is 1. The molecule has 0 aliphatic heterocycles. The van der Waals surface area contributed by atoms with Crippen molar-refractivity contribution in [2.75, 3.05) is 0 Å². The van der Waals surface area contributed by atoms with Gasteiger partial charge in [-0.25, -0.2) is 0 Å². The highest BCUT2D eigenvalue weighted by atomic mass is 16.4. The van der Waals surface area contributed by atoms with Gasteiger partial charge in [0, 0.05) is 11.8 Å². The molecular formula is C11H16O3. The molecule has 0 spiro atoms. The molecule has 0 heterocycles. The highest BCUT2D eigenvalue weighted by Crippen LogP contribution is 2.65. The summed E-state index contributed by atoms with van der Waals surface area (Å²) in [6.45, 7) is 3.93. The zero-order valence-electron chi connectivity index (χ0n) is 8.67. The SMILES string of the molecule is CC1(CC(=O)O)[C@@H]2CC[C@@]1(C)C(=O)C2. The lowest BCUT2D eigenvalue weighted by Crippen LogP contribution is -2.36. The summed E-state index contributed by atoms with van der Waals surface area (Å²) in [7, 11) is 0. The Hall–Kier alpha value is -0.860. The van der Waals surface area contributed by atoms with Gasteiger partial charge in [0.25, 0.3) is 0 Å². The highest BCUT2D eigenvalue weighted by molar-refractivity contribution is 5.90. The van der Waals surface area contributed by atoms with Crippen LogP contribution in [0.5, 0.6) is 0 Å². The zero-order chi connectivity index (χ0) is 10.6. The maximum atomic E-state index is 11.8. The van der Waals surface area contributed by atoms with Gasteiger partial charge in [0.15, 0.2) is 0 Å². The van der Waals surface area contributed by atoms with Crippen molar-refractivity contribution >= 4 is 11.8 Å². The number of carbonyl (C=O) groups is 2. The van der Waals surface area contributed by atoms with Crippen LogP contribution in [0.1, 0.15) is 39.5 Å². The summed E-state index contributed by atoms with van der Waals surface area (Å²) in [6.07, 6.45) is 2.63. The molecule has 1 N–H and O–H groups in total. The minimum Gasteiger partial charge on any atom is -0.481 e. The van der Waals surface area contributed by atoms with Crippen molar-refractivity contribution in [1.82, 2.24) is 0 Å². The molecule has 2 aliphatic carbocycles. The maximum absolute atomic E-state index is 11.8.